The third-order valence-electron chi connectivity index (χ3n) is 3.68. The van der Waals surface area contributed by atoms with Crippen molar-refractivity contribution in [2.75, 3.05) is 12.4 Å². The SMILES string of the molecule is COc1ccc(NC(=O)c2cc(Oc3cccnc3)cn3ncnc23)nc1. The van der Waals surface area contributed by atoms with Crippen molar-refractivity contribution in [1.29, 1.82) is 0 Å². The number of rotatable bonds is 5. The van der Waals surface area contributed by atoms with Crippen LogP contribution in [0.1, 0.15) is 10.4 Å². The minimum absolute atomic E-state index is 0.298. The van der Waals surface area contributed by atoms with E-state index in [1.165, 1.54) is 17.0 Å². The second-order valence-corrected chi connectivity index (χ2v) is 5.45. The Morgan fingerprint density at radius 2 is 2.04 bits per heavy atom. The third kappa shape index (κ3) is 3.52. The van der Waals surface area contributed by atoms with E-state index in [0.29, 0.717) is 34.3 Å². The number of amides is 1. The van der Waals surface area contributed by atoms with Gasteiger partial charge in [0.25, 0.3) is 5.91 Å². The van der Waals surface area contributed by atoms with Crippen LogP contribution in [0.15, 0.2) is 61.4 Å². The Bertz CT molecular complexity index is 1080. The number of fused-ring (bicyclic) bond motifs is 1. The molecule has 0 spiro atoms. The monoisotopic (exact) mass is 362 g/mol. The van der Waals surface area contributed by atoms with Crippen LogP contribution < -0.4 is 14.8 Å². The van der Waals surface area contributed by atoms with E-state index in [2.05, 4.69) is 25.4 Å². The highest BCUT2D eigenvalue weighted by atomic mass is 16.5. The molecule has 1 N–H and O–H groups in total. The van der Waals surface area contributed by atoms with Crippen LogP contribution in [0.2, 0.25) is 0 Å². The summed E-state index contributed by atoms with van der Waals surface area (Å²) in [6.45, 7) is 0. The number of pyridine rings is 3. The Morgan fingerprint density at radius 1 is 1.11 bits per heavy atom. The number of carbonyl (C=O) groups excluding carboxylic acids is 1. The summed E-state index contributed by atoms with van der Waals surface area (Å²) in [6.07, 6.45) is 7.74. The summed E-state index contributed by atoms with van der Waals surface area (Å²) in [4.78, 5) is 25.0. The lowest BCUT2D eigenvalue weighted by atomic mass is 10.2. The first-order valence-corrected chi connectivity index (χ1v) is 7.95. The molecule has 0 fully saturated rings. The first-order valence-electron chi connectivity index (χ1n) is 7.95. The van der Waals surface area contributed by atoms with Gasteiger partial charge in [-0.3, -0.25) is 9.78 Å². The van der Waals surface area contributed by atoms with Gasteiger partial charge in [0.2, 0.25) is 0 Å². The number of hydrogen-bond donors (Lipinski definition) is 1. The Labute approximate surface area is 153 Å². The Kier molecular flexibility index (Phi) is 4.32. The molecule has 4 rings (SSSR count). The minimum atomic E-state index is -0.387. The number of nitrogens with zero attached hydrogens (tertiary/aromatic N) is 5. The van der Waals surface area contributed by atoms with Gasteiger partial charge in [0.15, 0.2) is 5.65 Å². The fourth-order valence-electron chi connectivity index (χ4n) is 2.43. The van der Waals surface area contributed by atoms with Crippen molar-refractivity contribution in [2.24, 2.45) is 0 Å². The van der Waals surface area contributed by atoms with Gasteiger partial charge in [-0.05, 0) is 30.3 Å². The van der Waals surface area contributed by atoms with Crippen molar-refractivity contribution in [2.45, 2.75) is 0 Å². The van der Waals surface area contributed by atoms with Gasteiger partial charge in [-0.15, -0.1) is 0 Å². The number of anilines is 1. The summed E-state index contributed by atoms with van der Waals surface area (Å²) < 4.78 is 12.3. The van der Waals surface area contributed by atoms with Crippen LogP contribution in [-0.2, 0) is 0 Å². The van der Waals surface area contributed by atoms with Crippen molar-refractivity contribution >= 4 is 17.4 Å². The number of methoxy groups -OCH3 is 1. The van der Waals surface area contributed by atoms with E-state index in [1.807, 2.05) is 0 Å². The van der Waals surface area contributed by atoms with E-state index in [1.54, 1.807) is 56.0 Å². The summed E-state index contributed by atoms with van der Waals surface area (Å²) in [7, 11) is 1.55. The van der Waals surface area contributed by atoms with E-state index in [-0.39, 0.29) is 5.91 Å². The number of nitrogens with one attached hydrogen (secondary N) is 1. The molecule has 0 unspecified atom stereocenters. The molecular weight excluding hydrogens is 348 g/mol. The molecule has 9 nitrogen and oxygen atoms in total. The molecule has 9 heteroatoms. The molecule has 134 valence electrons. The molecule has 4 aromatic heterocycles. The van der Waals surface area contributed by atoms with Gasteiger partial charge in [0.1, 0.15) is 29.4 Å². The largest absolute Gasteiger partial charge is 0.495 e. The van der Waals surface area contributed by atoms with Gasteiger partial charge in [-0.1, -0.05) is 0 Å². The van der Waals surface area contributed by atoms with Crippen LogP contribution in [0.4, 0.5) is 5.82 Å². The smallest absolute Gasteiger partial charge is 0.260 e. The van der Waals surface area contributed by atoms with E-state index in [4.69, 9.17) is 9.47 Å². The van der Waals surface area contributed by atoms with Crippen molar-refractivity contribution < 1.29 is 14.3 Å². The average Bonchev–Trinajstić information content (AvgIpc) is 3.17. The minimum Gasteiger partial charge on any atom is -0.495 e. The predicted octanol–water partition coefficient (Wildman–Crippen LogP) is 2.57. The molecule has 4 aromatic rings. The highest BCUT2D eigenvalue weighted by Crippen LogP contribution is 2.23. The topological polar surface area (TPSA) is 104 Å². The van der Waals surface area contributed by atoms with Gasteiger partial charge >= 0.3 is 0 Å². The predicted molar refractivity (Wildman–Crippen MR) is 96.0 cm³/mol. The quantitative estimate of drug-likeness (QED) is 0.582. The lowest BCUT2D eigenvalue weighted by Gasteiger charge is -2.09. The third-order valence-corrected chi connectivity index (χ3v) is 3.68. The van der Waals surface area contributed by atoms with E-state index in [0.717, 1.165) is 0 Å². The Balaban J connectivity index is 1.64. The molecule has 0 aliphatic heterocycles. The molecule has 0 saturated carbocycles. The average molecular weight is 362 g/mol. The molecule has 0 atom stereocenters. The molecule has 0 aliphatic rings. The van der Waals surface area contributed by atoms with Crippen LogP contribution in [0.5, 0.6) is 17.2 Å². The van der Waals surface area contributed by atoms with E-state index in [9.17, 15) is 4.79 Å². The molecule has 27 heavy (non-hydrogen) atoms. The van der Waals surface area contributed by atoms with Crippen molar-refractivity contribution in [3.8, 4) is 17.2 Å². The molecule has 0 bridgehead atoms. The lowest BCUT2D eigenvalue weighted by Crippen LogP contribution is -2.14. The lowest BCUT2D eigenvalue weighted by molar-refractivity contribution is 0.102. The Morgan fingerprint density at radius 3 is 2.78 bits per heavy atom. The fourth-order valence-corrected chi connectivity index (χ4v) is 2.43. The van der Waals surface area contributed by atoms with Crippen molar-refractivity contribution in [1.82, 2.24) is 24.6 Å². The highest BCUT2D eigenvalue weighted by molar-refractivity contribution is 6.08. The Hall–Kier alpha value is -4.01. The van der Waals surface area contributed by atoms with Crippen LogP contribution in [0.3, 0.4) is 0 Å². The van der Waals surface area contributed by atoms with Crippen LogP contribution >= 0.6 is 0 Å². The van der Waals surface area contributed by atoms with E-state index < -0.39 is 0 Å². The molecule has 4 heterocycles. The second-order valence-electron chi connectivity index (χ2n) is 5.45. The maximum atomic E-state index is 12.8. The number of carbonyl (C=O) groups is 1. The van der Waals surface area contributed by atoms with Crippen molar-refractivity contribution in [3.05, 3.63) is 67.0 Å². The number of hydrogen-bond acceptors (Lipinski definition) is 7. The zero-order valence-corrected chi connectivity index (χ0v) is 14.2. The van der Waals surface area contributed by atoms with Gasteiger partial charge in [0.05, 0.1) is 31.3 Å². The summed E-state index contributed by atoms with van der Waals surface area (Å²) in [6, 6.07) is 8.46. The van der Waals surface area contributed by atoms with E-state index >= 15 is 0 Å². The maximum absolute atomic E-state index is 12.8. The van der Waals surface area contributed by atoms with Gasteiger partial charge in [0, 0.05) is 6.20 Å². The highest BCUT2D eigenvalue weighted by Gasteiger charge is 2.16. The number of aromatic nitrogens is 5. The van der Waals surface area contributed by atoms with Gasteiger partial charge in [-0.25, -0.2) is 14.5 Å². The zero-order valence-electron chi connectivity index (χ0n) is 14.2. The van der Waals surface area contributed by atoms with Gasteiger partial charge < -0.3 is 14.8 Å². The fraction of sp³-hybridized carbons (Fsp3) is 0.0556. The summed E-state index contributed by atoms with van der Waals surface area (Å²) in [5, 5.41) is 6.82. The van der Waals surface area contributed by atoms with Crippen LogP contribution in [-0.4, -0.2) is 37.6 Å². The standard InChI is InChI=1S/C18H14N6O3/c1-26-12-4-5-16(20-9-12)23-18(25)15-7-14(10-24-17(15)21-11-22-24)27-13-3-2-6-19-8-13/h2-11H,1H3,(H,20,23,25). The normalized spacial score (nSPS) is 10.6. The molecule has 0 aromatic carbocycles. The molecule has 0 radical (unpaired) electrons. The second kappa shape index (κ2) is 7.08. The molecule has 1 amide bonds. The summed E-state index contributed by atoms with van der Waals surface area (Å²) in [5.41, 5.74) is 0.700. The molecule has 0 aliphatic carbocycles. The van der Waals surface area contributed by atoms with Crippen LogP contribution in [0.25, 0.3) is 5.65 Å². The van der Waals surface area contributed by atoms with Crippen LogP contribution in [0, 0.1) is 0 Å². The van der Waals surface area contributed by atoms with Crippen molar-refractivity contribution in [3.63, 3.8) is 0 Å². The van der Waals surface area contributed by atoms with Gasteiger partial charge in [-0.2, -0.15) is 5.10 Å². The summed E-state index contributed by atoms with van der Waals surface area (Å²) >= 11 is 0. The molecular formula is C18H14N6O3. The first-order chi connectivity index (χ1) is 13.2. The number of ether oxygens (including phenoxy) is 2. The zero-order chi connectivity index (χ0) is 18.6. The maximum Gasteiger partial charge on any atom is 0.260 e. The summed E-state index contributed by atoms with van der Waals surface area (Å²) in [5.74, 6) is 1.56. The first kappa shape index (κ1) is 16.5. The molecule has 0 saturated heterocycles.